The predicted molar refractivity (Wildman–Crippen MR) is 73.6 cm³/mol. The Morgan fingerprint density at radius 2 is 1.60 bits per heavy atom. The molecule has 0 aliphatic carbocycles. The molecule has 8 heteroatoms. The molecule has 0 bridgehead atoms. The van der Waals surface area contributed by atoms with Crippen molar-refractivity contribution in [1.82, 2.24) is 0 Å². The zero-order valence-electron chi connectivity index (χ0n) is 11.5. The van der Waals surface area contributed by atoms with E-state index >= 15 is 0 Å². The molecular formula is C12H25ClO7. The number of carboxylic acid groups (broad SMARTS) is 1. The van der Waals surface area contributed by atoms with Crippen molar-refractivity contribution in [3.8, 4) is 0 Å². The van der Waals surface area contributed by atoms with Crippen LogP contribution in [0.5, 0.6) is 0 Å². The van der Waals surface area contributed by atoms with Gasteiger partial charge in [0.1, 0.15) is 18.3 Å². The van der Waals surface area contributed by atoms with E-state index in [1.807, 2.05) is 0 Å². The van der Waals surface area contributed by atoms with Gasteiger partial charge in [0.15, 0.2) is 6.10 Å². The second-order valence-corrected chi connectivity index (χ2v) is 4.64. The highest BCUT2D eigenvalue weighted by molar-refractivity contribution is 6.17. The molecule has 0 radical (unpaired) electrons. The lowest BCUT2D eigenvalue weighted by atomic mass is 10.0. The van der Waals surface area contributed by atoms with E-state index in [2.05, 4.69) is 6.92 Å². The maximum absolute atomic E-state index is 10.1. The summed E-state index contributed by atoms with van der Waals surface area (Å²) in [5, 5.41) is 51.8. The van der Waals surface area contributed by atoms with Crippen LogP contribution in [0.2, 0.25) is 0 Å². The van der Waals surface area contributed by atoms with Crippen molar-refractivity contribution in [2.45, 2.75) is 57.0 Å². The van der Waals surface area contributed by atoms with Gasteiger partial charge in [-0.3, -0.25) is 0 Å². The van der Waals surface area contributed by atoms with Gasteiger partial charge in [0.05, 0.1) is 6.61 Å². The maximum Gasteiger partial charge on any atom is 0.335 e. The largest absolute Gasteiger partial charge is 0.479 e. The van der Waals surface area contributed by atoms with Crippen LogP contribution >= 0.6 is 11.6 Å². The normalized spacial score (nSPS) is 16.6. The predicted octanol–water partition coefficient (Wildman–Crippen LogP) is -0.688. The second kappa shape index (κ2) is 13.5. The Hall–Kier alpha value is -0.440. The number of unbranched alkanes of at least 4 members (excludes halogenated alkanes) is 3. The lowest BCUT2D eigenvalue weighted by molar-refractivity contribution is -0.164. The van der Waals surface area contributed by atoms with E-state index < -0.39 is 37.0 Å². The molecule has 0 aromatic heterocycles. The van der Waals surface area contributed by atoms with Crippen LogP contribution in [-0.4, -0.2) is 73.5 Å². The van der Waals surface area contributed by atoms with E-state index in [0.29, 0.717) is 0 Å². The van der Waals surface area contributed by atoms with Crippen molar-refractivity contribution in [2.75, 3.05) is 12.5 Å². The molecule has 0 fully saturated rings. The molecule has 0 saturated carbocycles. The van der Waals surface area contributed by atoms with Crippen molar-refractivity contribution in [1.29, 1.82) is 0 Å². The molecule has 7 nitrogen and oxygen atoms in total. The van der Waals surface area contributed by atoms with Gasteiger partial charge in [-0.15, -0.1) is 11.6 Å². The minimum absolute atomic E-state index is 0.833. The number of hydrogen-bond acceptors (Lipinski definition) is 6. The van der Waals surface area contributed by atoms with E-state index in [4.69, 9.17) is 42.2 Å². The van der Waals surface area contributed by atoms with E-state index in [9.17, 15) is 4.79 Å². The minimum Gasteiger partial charge on any atom is -0.479 e. The fourth-order valence-corrected chi connectivity index (χ4v) is 1.38. The number of carboxylic acids is 1. The molecule has 0 amide bonds. The van der Waals surface area contributed by atoms with E-state index in [1.54, 1.807) is 0 Å². The van der Waals surface area contributed by atoms with Gasteiger partial charge in [-0.1, -0.05) is 26.2 Å². The van der Waals surface area contributed by atoms with Crippen LogP contribution in [0.3, 0.4) is 0 Å². The summed E-state index contributed by atoms with van der Waals surface area (Å²) in [6.07, 6.45) is -2.70. The molecule has 0 rings (SSSR count). The summed E-state index contributed by atoms with van der Waals surface area (Å²) < 4.78 is 0. The van der Waals surface area contributed by atoms with Gasteiger partial charge in [0.25, 0.3) is 0 Å². The first-order valence-electron chi connectivity index (χ1n) is 6.45. The molecule has 0 aromatic carbocycles. The third-order valence-corrected chi connectivity index (χ3v) is 2.76. The highest BCUT2D eigenvalue weighted by Gasteiger charge is 2.33. The second-order valence-electron chi connectivity index (χ2n) is 4.26. The Morgan fingerprint density at radius 3 is 1.95 bits per heavy atom. The number of carbonyl (C=O) groups is 1. The molecule has 0 heterocycles. The minimum atomic E-state index is -2.20. The van der Waals surface area contributed by atoms with E-state index in [0.717, 1.165) is 5.88 Å². The van der Waals surface area contributed by atoms with Crippen LogP contribution in [0, 0.1) is 0 Å². The van der Waals surface area contributed by atoms with Gasteiger partial charge >= 0.3 is 5.97 Å². The third kappa shape index (κ3) is 10.4. The summed E-state index contributed by atoms with van der Waals surface area (Å²) >= 11 is 5.44. The summed E-state index contributed by atoms with van der Waals surface area (Å²) in [5.74, 6) is -0.892. The van der Waals surface area contributed by atoms with Crippen LogP contribution in [0.1, 0.15) is 32.6 Å². The summed E-state index contributed by atoms with van der Waals surface area (Å²) in [7, 11) is 0. The lowest BCUT2D eigenvalue weighted by Gasteiger charge is -2.23. The zero-order valence-corrected chi connectivity index (χ0v) is 12.3. The quantitative estimate of drug-likeness (QED) is 0.244. The van der Waals surface area contributed by atoms with Crippen LogP contribution < -0.4 is 0 Å². The Kier molecular flexibility index (Phi) is 14.8. The molecule has 0 saturated heterocycles. The number of hydrogen-bond donors (Lipinski definition) is 6. The van der Waals surface area contributed by atoms with Crippen LogP contribution in [-0.2, 0) is 4.79 Å². The highest BCUT2D eigenvalue weighted by Crippen LogP contribution is 2.04. The number of aliphatic hydroxyl groups excluding tert-OH is 5. The topological polar surface area (TPSA) is 138 Å². The molecular weight excluding hydrogens is 292 g/mol. The monoisotopic (exact) mass is 316 g/mol. The average Bonchev–Trinajstić information content (AvgIpc) is 2.45. The number of rotatable bonds is 9. The van der Waals surface area contributed by atoms with Crippen molar-refractivity contribution >= 4 is 17.6 Å². The maximum atomic E-state index is 10.1. The van der Waals surface area contributed by atoms with Crippen LogP contribution in [0.15, 0.2) is 0 Å². The first-order chi connectivity index (χ1) is 9.33. The molecule has 4 atom stereocenters. The molecule has 0 aliphatic rings. The molecule has 0 aliphatic heterocycles. The van der Waals surface area contributed by atoms with Gasteiger partial charge in [-0.2, -0.15) is 0 Å². The molecule has 0 spiro atoms. The van der Waals surface area contributed by atoms with Crippen molar-refractivity contribution in [3.05, 3.63) is 0 Å². The number of aliphatic carboxylic acids is 1. The van der Waals surface area contributed by atoms with Gasteiger partial charge in [-0.25, -0.2) is 4.79 Å². The van der Waals surface area contributed by atoms with E-state index in [-0.39, 0.29) is 0 Å². The van der Waals surface area contributed by atoms with Crippen molar-refractivity contribution in [3.63, 3.8) is 0 Å². The van der Waals surface area contributed by atoms with Gasteiger partial charge < -0.3 is 30.6 Å². The Labute approximate surface area is 123 Å². The smallest absolute Gasteiger partial charge is 0.335 e. The summed E-state index contributed by atoms with van der Waals surface area (Å²) in [6, 6.07) is 0. The first kappa shape index (κ1) is 21.9. The fourth-order valence-electron chi connectivity index (χ4n) is 1.19. The van der Waals surface area contributed by atoms with Crippen LogP contribution in [0.25, 0.3) is 0 Å². The molecule has 6 N–H and O–H groups in total. The van der Waals surface area contributed by atoms with Gasteiger partial charge in [-0.05, 0) is 6.42 Å². The van der Waals surface area contributed by atoms with Crippen LogP contribution in [0.4, 0.5) is 0 Å². The number of halogens is 1. The molecule has 0 aromatic rings. The third-order valence-electron chi connectivity index (χ3n) is 2.49. The zero-order chi connectivity index (χ0) is 16.1. The summed E-state index contributed by atoms with van der Waals surface area (Å²) in [6.45, 7) is 1.36. The number of aliphatic hydroxyl groups is 5. The van der Waals surface area contributed by atoms with Crippen molar-refractivity contribution < 1.29 is 35.4 Å². The van der Waals surface area contributed by atoms with E-state index in [1.165, 1.54) is 25.7 Å². The molecule has 4 unspecified atom stereocenters. The van der Waals surface area contributed by atoms with Gasteiger partial charge in [0, 0.05) is 5.88 Å². The Bertz CT molecular complexity index is 236. The Balaban J connectivity index is 0. The van der Waals surface area contributed by atoms with Crippen molar-refractivity contribution in [2.24, 2.45) is 0 Å². The summed E-state index contributed by atoms with van der Waals surface area (Å²) in [4.78, 5) is 10.1. The number of alkyl halides is 1. The SMILES string of the molecule is CCCCCCCl.O=C(O)C(O)C(O)C(O)C(O)CO. The average molecular weight is 317 g/mol. The fraction of sp³-hybridized carbons (Fsp3) is 0.917. The highest BCUT2D eigenvalue weighted by atomic mass is 35.5. The standard InChI is InChI=1S/C6H13Cl.C6H12O7/c1-2-3-4-5-6-7;7-1-2(8)3(9)4(10)5(11)6(12)13/h2-6H2,1H3;2-5,7-11H,1H2,(H,12,13). The lowest BCUT2D eigenvalue weighted by Crippen LogP contribution is -2.48. The Morgan fingerprint density at radius 1 is 1.05 bits per heavy atom. The first-order valence-corrected chi connectivity index (χ1v) is 6.98. The van der Waals surface area contributed by atoms with Gasteiger partial charge in [0.2, 0.25) is 0 Å². The molecule has 122 valence electrons. The molecule has 20 heavy (non-hydrogen) atoms. The summed E-state index contributed by atoms with van der Waals surface area (Å²) in [5.41, 5.74) is 0.